The van der Waals surface area contributed by atoms with Crippen molar-refractivity contribution in [1.82, 2.24) is 4.90 Å². The fourth-order valence-corrected chi connectivity index (χ4v) is 21.0. The fraction of sp³-hybridized carbons (Fsp3) is 1.00. The lowest BCUT2D eigenvalue weighted by molar-refractivity contribution is -0.0526. The third kappa shape index (κ3) is 6.71. The highest BCUT2D eigenvalue weighted by Crippen LogP contribution is 2.64. The topological polar surface area (TPSA) is 12.5 Å². The molecule has 0 aromatic carbocycles. The maximum absolute atomic E-state index is 6.91. The molecule has 2 nitrogen and oxygen atoms in total. The Bertz CT molecular complexity index is 1230. The molecule has 9 saturated carbocycles. The lowest BCUT2D eigenvalue weighted by Crippen LogP contribution is -2.57. The predicted octanol–water partition coefficient (Wildman–Crippen LogP) is 13.3. The minimum atomic E-state index is 0.625. The van der Waals surface area contributed by atoms with Gasteiger partial charge in [0.1, 0.15) is 0 Å². The number of rotatable bonds is 5. The van der Waals surface area contributed by atoms with Gasteiger partial charge < -0.3 is 4.74 Å². The second-order valence-corrected chi connectivity index (χ2v) is 23.8. The van der Waals surface area contributed by atoms with Crippen LogP contribution in [-0.2, 0) is 4.74 Å². The van der Waals surface area contributed by atoms with Gasteiger partial charge in [0.2, 0.25) is 0 Å². The second kappa shape index (κ2) is 15.8. The van der Waals surface area contributed by atoms with Crippen molar-refractivity contribution in [3.63, 3.8) is 0 Å². The van der Waals surface area contributed by atoms with E-state index >= 15 is 0 Å². The summed E-state index contributed by atoms with van der Waals surface area (Å²) in [5, 5.41) is 1.94. The monoisotopic (exact) mass is 744 g/mol. The third-order valence-corrected chi connectivity index (χ3v) is 22.4. The molecular formula is C50H81NOS. The average Bonchev–Trinajstić information content (AvgIpc) is 3.80. The van der Waals surface area contributed by atoms with Crippen LogP contribution in [0.2, 0.25) is 0 Å². The molecule has 3 heteroatoms. The summed E-state index contributed by atoms with van der Waals surface area (Å²) in [7, 11) is 0. The molecule has 0 amide bonds. The molecule has 2 aliphatic heterocycles. The molecule has 11 fully saturated rings. The van der Waals surface area contributed by atoms with Crippen molar-refractivity contribution in [2.24, 2.45) is 71.0 Å². The smallest absolute Gasteiger partial charge is 0.0621 e. The van der Waals surface area contributed by atoms with Gasteiger partial charge in [-0.1, -0.05) is 96.3 Å². The summed E-state index contributed by atoms with van der Waals surface area (Å²) < 4.78 is 6.91. The first kappa shape index (κ1) is 36.4. The Morgan fingerprint density at radius 1 is 0.340 bits per heavy atom. The summed E-state index contributed by atoms with van der Waals surface area (Å²) in [5.74, 6) is 12.4. The summed E-state index contributed by atoms with van der Waals surface area (Å²) >= 11 is 2.62. The lowest BCUT2D eigenvalue weighted by atomic mass is 9.59. The minimum absolute atomic E-state index is 0.625. The van der Waals surface area contributed by atoms with Crippen LogP contribution in [-0.4, -0.2) is 45.7 Å². The Morgan fingerprint density at radius 3 is 1.75 bits per heavy atom. The molecular weight excluding hydrogens is 663 g/mol. The van der Waals surface area contributed by atoms with E-state index < -0.39 is 0 Å². The van der Waals surface area contributed by atoms with Crippen molar-refractivity contribution in [3.8, 4) is 0 Å². The Labute approximate surface area is 331 Å². The van der Waals surface area contributed by atoms with Gasteiger partial charge in [0, 0.05) is 34.5 Å². The molecule has 2 saturated heterocycles. The van der Waals surface area contributed by atoms with E-state index in [0.29, 0.717) is 12.2 Å². The van der Waals surface area contributed by atoms with Crippen LogP contribution in [0.3, 0.4) is 0 Å². The highest BCUT2D eigenvalue weighted by Gasteiger charge is 2.60. The molecule has 298 valence electrons. The van der Waals surface area contributed by atoms with Gasteiger partial charge in [-0.25, -0.2) is 0 Å². The molecule has 0 N–H and O–H groups in total. The highest BCUT2D eigenvalue weighted by molar-refractivity contribution is 8.00. The van der Waals surface area contributed by atoms with Crippen molar-refractivity contribution < 1.29 is 4.74 Å². The van der Waals surface area contributed by atoms with E-state index in [2.05, 4.69) is 16.7 Å². The zero-order chi connectivity index (χ0) is 34.9. The maximum atomic E-state index is 6.91. The van der Waals surface area contributed by atoms with E-state index in [1.807, 2.05) is 0 Å². The molecule has 0 bridgehead atoms. The second-order valence-electron chi connectivity index (χ2n) is 22.4. The van der Waals surface area contributed by atoms with Crippen molar-refractivity contribution in [2.45, 2.75) is 240 Å². The largest absolute Gasteiger partial charge is 0.374 e. The van der Waals surface area contributed by atoms with Crippen LogP contribution in [0, 0.1) is 71.0 Å². The van der Waals surface area contributed by atoms with Crippen LogP contribution in [0.1, 0.15) is 199 Å². The summed E-state index contributed by atoms with van der Waals surface area (Å²) in [4.78, 5) is 3.46. The van der Waals surface area contributed by atoms with Gasteiger partial charge in [0.25, 0.3) is 0 Å². The van der Waals surface area contributed by atoms with Crippen LogP contribution < -0.4 is 0 Å². The molecule has 0 aromatic heterocycles. The molecule has 0 spiro atoms. The molecule has 2 heterocycles. The van der Waals surface area contributed by atoms with Crippen LogP contribution in [0.4, 0.5) is 0 Å². The Kier molecular flexibility index (Phi) is 10.8. The van der Waals surface area contributed by atoms with E-state index in [-0.39, 0.29) is 0 Å². The Hall–Kier alpha value is 0.270. The van der Waals surface area contributed by atoms with Gasteiger partial charge in [0.05, 0.1) is 12.2 Å². The summed E-state index contributed by atoms with van der Waals surface area (Å²) in [6.07, 6.45) is 49.0. The van der Waals surface area contributed by atoms with Crippen molar-refractivity contribution >= 4 is 11.8 Å². The van der Waals surface area contributed by atoms with Crippen molar-refractivity contribution in [3.05, 3.63) is 0 Å². The number of fused-ring (bicyclic) bond motifs is 9. The number of hydrogen-bond acceptors (Lipinski definition) is 3. The van der Waals surface area contributed by atoms with E-state index in [9.17, 15) is 0 Å². The van der Waals surface area contributed by atoms with Gasteiger partial charge in [-0.2, -0.15) is 11.8 Å². The standard InChI is InChI=1S/C50H81NOS/c1-3-17-38-32(11-1)13-8-20-39(38)34-25-27-36(28-26-34)51(45-23-9-14-33-12-2-4-18-40(33)45)37-16-7-15-35(31-37)41-21-10-22-42-43-29-30-47-48(50(43)53-49(41)42)44-19-5-6-24-46(44)52-47/h32-50H,1-31H2. The van der Waals surface area contributed by atoms with Crippen LogP contribution >= 0.6 is 11.8 Å². The minimum Gasteiger partial charge on any atom is -0.374 e. The van der Waals surface area contributed by atoms with Gasteiger partial charge in [-0.3, -0.25) is 4.90 Å². The number of nitrogens with zero attached hydrogens (tertiary/aromatic N) is 1. The van der Waals surface area contributed by atoms with Crippen LogP contribution in [0.15, 0.2) is 0 Å². The molecule has 0 aromatic rings. The SMILES string of the molecule is C1CCC2C(C1)CCCC2C1CCC(N(C2CCCC(C3CCCC4C5CCC6OC7CCCCC7C6C5SC34)C2)C2CCCC3CCCCC32)CC1. The summed E-state index contributed by atoms with van der Waals surface area (Å²) in [6, 6.07) is 2.75. The number of hydrogen-bond donors (Lipinski definition) is 0. The van der Waals surface area contributed by atoms with Crippen LogP contribution in [0.5, 0.6) is 0 Å². The molecule has 11 rings (SSSR count). The van der Waals surface area contributed by atoms with E-state index in [4.69, 9.17) is 4.74 Å². The van der Waals surface area contributed by atoms with Crippen molar-refractivity contribution in [1.29, 1.82) is 0 Å². The zero-order valence-corrected chi connectivity index (χ0v) is 35.0. The number of ether oxygens (including phenoxy) is 1. The van der Waals surface area contributed by atoms with E-state index in [1.165, 1.54) is 51.4 Å². The first-order chi connectivity index (χ1) is 26.3. The lowest BCUT2D eigenvalue weighted by Gasteiger charge is -2.55. The quantitative estimate of drug-likeness (QED) is 0.278. The molecule has 53 heavy (non-hydrogen) atoms. The van der Waals surface area contributed by atoms with Gasteiger partial charge in [-0.15, -0.1) is 0 Å². The van der Waals surface area contributed by atoms with Gasteiger partial charge in [-0.05, 0) is 168 Å². The first-order valence-corrected chi connectivity index (χ1v) is 26.3. The zero-order valence-electron chi connectivity index (χ0n) is 34.2. The van der Waals surface area contributed by atoms with Crippen LogP contribution in [0.25, 0.3) is 0 Å². The van der Waals surface area contributed by atoms with Gasteiger partial charge >= 0.3 is 0 Å². The van der Waals surface area contributed by atoms with E-state index in [0.717, 1.165) is 99.6 Å². The predicted molar refractivity (Wildman–Crippen MR) is 222 cm³/mol. The maximum Gasteiger partial charge on any atom is 0.0621 e. The summed E-state index contributed by atoms with van der Waals surface area (Å²) in [6.45, 7) is 0. The van der Waals surface area contributed by atoms with Gasteiger partial charge in [0.15, 0.2) is 0 Å². The Morgan fingerprint density at radius 2 is 0.906 bits per heavy atom. The molecule has 11 aliphatic rings. The first-order valence-electron chi connectivity index (χ1n) is 25.4. The molecule has 17 unspecified atom stereocenters. The number of thioether (sulfide) groups is 1. The Balaban J connectivity index is 0.818. The fourth-order valence-electron chi connectivity index (χ4n) is 18.5. The third-order valence-electron chi connectivity index (χ3n) is 20.4. The van der Waals surface area contributed by atoms with Crippen molar-refractivity contribution in [2.75, 3.05) is 0 Å². The average molecular weight is 744 g/mol. The summed E-state index contributed by atoms with van der Waals surface area (Å²) in [5.41, 5.74) is 0. The van der Waals surface area contributed by atoms with E-state index in [1.54, 1.807) is 148 Å². The normalized spacial score (nSPS) is 54.2. The molecule has 17 atom stereocenters. The molecule has 9 aliphatic carbocycles. The molecule has 0 radical (unpaired) electrons. The highest BCUT2D eigenvalue weighted by atomic mass is 32.2.